The number of benzene rings is 2. The third-order valence-corrected chi connectivity index (χ3v) is 5.59. The van der Waals surface area contributed by atoms with Crippen molar-refractivity contribution >= 4 is 11.8 Å². The van der Waals surface area contributed by atoms with Gasteiger partial charge in [-0.05, 0) is 49.2 Å². The topological polar surface area (TPSA) is 23.5 Å². The number of hydrogen-bond donors (Lipinski definition) is 1. The molecule has 0 aliphatic carbocycles. The van der Waals surface area contributed by atoms with Gasteiger partial charge in [0.05, 0.1) is 0 Å². The van der Waals surface area contributed by atoms with Crippen LogP contribution in [0.1, 0.15) is 31.4 Å². The van der Waals surface area contributed by atoms with Crippen LogP contribution in [0.3, 0.4) is 0 Å². The maximum absolute atomic E-state index is 9.37. The molecule has 0 aromatic heterocycles. The molecular formula is C19H23NOS. The minimum absolute atomic E-state index is 0.340. The van der Waals surface area contributed by atoms with Crippen LogP contribution < -0.4 is 0 Å². The van der Waals surface area contributed by atoms with Crippen molar-refractivity contribution in [1.82, 2.24) is 4.90 Å². The first-order chi connectivity index (χ1) is 10.8. The van der Waals surface area contributed by atoms with Crippen LogP contribution in [0, 0.1) is 0 Å². The number of likely N-dealkylation sites (tertiary alicyclic amines) is 1. The lowest BCUT2D eigenvalue weighted by atomic mass is 10.0. The Morgan fingerprint density at radius 1 is 1.14 bits per heavy atom. The van der Waals surface area contributed by atoms with E-state index in [0.29, 0.717) is 17.0 Å². The van der Waals surface area contributed by atoms with Gasteiger partial charge in [-0.25, -0.2) is 0 Å². The molecule has 1 heterocycles. The van der Waals surface area contributed by atoms with Gasteiger partial charge in [0.2, 0.25) is 0 Å². The molecule has 2 aromatic carbocycles. The lowest BCUT2D eigenvalue weighted by molar-refractivity contribution is 0.240. The van der Waals surface area contributed by atoms with E-state index in [1.807, 2.05) is 23.9 Å². The zero-order valence-electron chi connectivity index (χ0n) is 13.0. The van der Waals surface area contributed by atoms with Gasteiger partial charge in [0.1, 0.15) is 5.75 Å². The van der Waals surface area contributed by atoms with E-state index in [9.17, 15) is 5.11 Å². The highest BCUT2D eigenvalue weighted by Crippen LogP contribution is 2.35. The molecule has 0 saturated carbocycles. The molecule has 1 aliphatic rings. The highest BCUT2D eigenvalue weighted by Gasteiger charge is 2.28. The van der Waals surface area contributed by atoms with E-state index in [1.165, 1.54) is 23.4 Å². The van der Waals surface area contributed by atoms with Gasteiger partial charge in [0.25, 0.3) is 0 Å². The summed E-state index contributed by atoms with van der Waals surface area (Å²) >= 11 is 1.93. The van der Waals surface area contributed by atoms with E-state index in [1.54, 1.807) is 12.1 Å². The predicted molar refractivity (Wildman–Crippen MR) is 93.4 cm³/mol. The monoisotopic (exact) mass is 313 g/mol. The molecule has 2 atom stereocenters. The van der Waals surface area contributed by atoms with Crippen LogP contribution in [0.2, 0.25) is 0 Å². The Labute approximate surface area is 137 Å². The van der Waals surface area contributed by atoms with Gasteiger partial charge in [-0.15, -0.1) is 11.8 Å². The summed E-state index contributed by atoms with van der Waals surface area (Å²) in [6, 6.07) is 18.9. The molecule has 2 aromatic rings. The first-order valence-electron chi connectivity index (χ1n) is 8.01. The Morgan fingerprint density at radius 3 is 2.55 bits per heavy atom. The second-order valence-corrected chi connectivity index (χ2v) is 7.23. The third-order valence-electron chi connectivity index (χ3n) is 4.33. The Hall–Kier alpha value is -1.45. The van der Waals surface area contributed by atoms with Gasteiger partial charge in [-0.1, -0.05) is 37.3 Å². The smallest absolute Gasteiger partial charge is 0.115 e. The minimum atomic E-state index is 0.340. The first-order valence-corrected chi connectivity index (χ1v) is 8.89. The van der Waals surface area contributed by atoms with Gasteiger partial charge in [-0.3, -0.25) is 4.90 Å². The average Bonchev–Trinajstić information content (AvgIpc) is 3.00. The molecule has 2 unspecified atom stereocenters. The van der Waals surface area contributed by atoms with Crippen LogP contribution in [0.5, 0.6) is 5.75 Å². The maximum atomic E-state index is 9.37. The Morgan fingerprint density at radius 2 is 1.86 bits per heavy atom. The number of phenolic OH excluding ortho intramolecular Hbond substituents is 1. The van der Waals surface area contributed by atoms with Crippen LogP contribution in [-0.4, -0.2) is 28.3 Å². The third kappa shape index (κ3) is 3.65. The van der Waals surface area contributed by atoms with E-state index in [2.05, 4.69) is 42.2 Å². The summed E-state index contributed by atoms with van der Waals surface area (Å²) in [6.45, 7) is 4.58. The molecule has 22 heavy (non-hydrogen) atoms. The normalized spacial score (nSPS) is 20.1. The number of hydrogen-bond acceptors (Lipinski definition) is 3. The summed E-state index contributed by atoms with van der Waals surface area (Å²) in [6.07, 6.45) is 2.38. The largest absolute Gasteiger partial charge is 0.508 e. The van der Waals surface area contributed by atoms with Crippen LogP contribution in [0.25, 0.3) is 0 Å². The molecule has 0 amide bonds. The number of thioether (sulfide) groups is 1. The molecule has 2 nitrogen and oxygen atoms in total. The van der Waals surface area contributed by atoms with Crippen molar-refractivity contribution in [3.63, 3.8) is 0 Å². The number of aromatic hydroxyl groups is 1. The zero-order valence-corrected chi connectivity index (χ0v) is 13.8. The van der Waals surface area contributed by atoms with Crippen molar-refractivity contribution in [3.8, 4) is 5.75 Å². The highest BCUT2D eigenvalue weighted by molar-refractivity contribution is 8.00. The van der Waals surface area contributed by atoms with Crippen molar-refractivity contribution in [2.75, 3.05) is 13.1 Å². The molecule has 116 valence electrons. The molecule has 1 aliphatic heterocycles. The molecule has 0 spiro atoms. The van der Waals surface area contributed by atoms with Crippen molar-refractivity contribution in [2.45, 2.75) is 36.0 Å². The molecule has 1 fully saturated rings. The van der Waals surface area contributed by atoms with E-state index in [4.69, 9.17) is 0 Å². The molecule has 0 bridgehead atoms. The summed E-state index contributed by atoms with van der Waals surface area (Å²) in [5, 5.41) is 10.0. The second-order valence-electron chi connectivity index (χ2n) is 5.85. The van der Waals surface area contributed by atoms with Crippen LogP contribution in [-0.2, 0) is 0 Å². The van der Waals surface area contributed by atoms with Gasteiger partial charge in [-0.2, -0.15) is 0 Å². The van der Waals surface area contributed by atoms with Crippen LogP contribution in [0.4, 0.5) is 0 Å². The summed E-state index contributed by atoms with van der Waals surface area (Å²) in [5.74, 6) is 0.340. The first kappa shape index (κ1) is 15.4. The lowest BCUT2D eigenvalue weighted by Gasteiger charge is -2.27. The van der Waals surface area contributed by atoms with E-state index >= 15 is 0 Å². The number of phenols is 1. The van der Waals surface area contributed by atoms with Gasteiger partial charge >= 0.3 is 0 Å². The fraction of sp³-hybridized carbons (Fsp3) is 0.368. The SMILES string of the molecule is CCC(c1ccccc1)N1CCC(Sc2ccc(O)cc2)C1. The molecule has 3 rings (SSSR count). The summed E-state index contributed by atoms with van der Waals surface area (Å²) in [4.78, 5) is 3.87. The summed E-state index contributed by atoms with van der Waals surface area (Å²) in [7, 11) is 0. The fourth-order valence-electron chi connectivity index (χ4n) is 3.23. The Bertz CT molecular complexity index is 584. The highest BCUT2D eigenvalue weighted by atomic mass is 32.2. The molecular weight excluding hydrogens is 290 g/mol. The second kappa shape index (κ2) is 7.21. The lowest BCUT2D eigenvalue weighted by Crippen LogP contribution is -2.26. The Kier molecular flexibility index (Phi) is 5.06. The van der Waals surface area contributed by atoms with Crippen LogP contribution >= 0.6 is 11.8 Å². The fourth-order valence-corrected chi connectivity index (χ4v) is 4.40. The standard InChI is InChI=1S/C19H23NOS/c1-2-19(15-6-4-3-5-7-15)20-13-12-18(14-20)22-17-10-8-16(21)9-11-17/h3-11,18-19,21H,2,12-14H2,1H3. The van der Waals surface area contributed by atoms with E-state index in [-0.39, 0.29) is 0 Å². The Balaban J connectivity index is 1.62. The van der Waals surface area contributed by atoms with Gasteiger partial charge in [0.15, 0.2) is 0 Å². The minimum Gasteiger partial charge on any atom is -0.508 e. The average molecular weight is 313 g/mol. The molecule has 0 radical (unpaired) electrons. The van der Waals surface area contributed by atoms with Crippen molar-refractivity contribution in [2.24, 2.45) is 0 Å². The van der Waals surface area contributed by atoms with Gasteiger partial charge < -0.3 is 5.11 Å². The van der Waals surface area contributed by atoms with Crippen molar-refractivity contribution in [3.05, 3.63) is 60.2 Å². The number of rotatable bonds is 5. The molecule has 1 saturated heterocycles. The maximum Gasteiger partial charge on any atom is 0.115 e. The van der Waals surface area contributed by atoms with Crippen molar-refractivity contribution < 1.29 is 5.11 Å². The molecule has 3 heteroatoms. The van der Waals surface area contributed by atoms with Crippen LogP contribution in [0.15, 0.2) is 59.5 Å². The van der Waals surface area contributed by atoms with E-state index in [0.717, 1.165) is 13.0 Å². The quantitative estimate of drug-likeness (QED) is 0.864. The van der Waals surface area contributed by atoms with Gasteiger partial charge in [0, 0.05) is 22.7 Å². The van der Waals surface area contributed by atoms with Crippen molar-refractivity contribution in [1.29, 1.82) is 0 Å². The zero-order chi connectivity index (χ0) is 15.4. The van der Waals surface area contributed by atoms with E-state index < -0.39 is 0 Å². The molecule has 1 N–H and O–H groups in total. The summed E-state index contributed by atoms with van der Waals surface area (Å²) < 4.78 is 0. The number of nitrogens with zero attached hydrogens (tertiary/aromatic N) is 1. The summed E-state index contributed by atoms with van der Waals surface area (Å²) in [5.41, 5.74) is 1.43. The predicted octanol–water partition coefficient (Wildman–Crippen LogP) is 4.71.